The third kappa shape index (κ3) is 3.71. The van der Waals surface area contributed by atoms with Crippen LogP contribution in [0.15, 0.2) is 42.5 Å². The smallest absolute Gasteiger partial charge is 0.262 e. The third-order valence-electron chi connectivity index (χ3n) is 2.72. The van der Waals surface area contributed by atoms with Crippen LogP contribution < -0.4 is 15.8 Å². The van der Waals surface area contributed by atoms with Gasteiger partial charge < -0.3 is 15.8 Å². The van der Waals surface area contributed by atoms with Crippen molar-refractivity contribution in [3.63, 3.8) is 0 Å². The molecule has 0 saturated carbocycles. The fourth-order valence-electron chi connectivity index (χ4n) is 1.64. The van der Waals surface area contributed by atoms with Gasteiger partial charge in [0, 0.05) is 11.4 Å². The topological polar surface area (TPSA) is 64.3 Å². The molecule has 4 nitrogen and oxygen atoms in total. The summed E-state index contributed by atoms with van der Waals surface area (Å²) >= 11 is 0. The maximum absolute atomic E-state index is 12.7. The van der Waals surface area contributed by atoms with E-state index in [-0.39, 0.29) is 18.3 Å². The molecule has 2 aromatic carbocycles. The molecule has 2 aromatic rings. The minimum absolute atomic E-state index is 0.153. The molecular weight excluding hydrogens is 259 g/mol. The number of carbonyl (C=O) groups is 1. The van der Waals surface area contributed by atoms with Crippen molar-refractivity contribution in [1.29, 1.82) is 0 Å². The van der Waals surface area contributed by atoms with Gasteiger partial charge in [0.15, 0.2) is 6.61 Å². The number of nitrogens with two attached hydrogens (primary N) is 1. The van der Waals surface area contributed by atoms with Gasteiger partial charge in [0.1, 0.15) is 11.6 Å². The molecule has 0 heterocycles. The Balaban J connectivity index is 1.92. The first-order valence-corrected chi connectivity index (χ1v) is 6.09. The van der Waals surface area contributed by atoms with Gasteiger partial charge in [0.05, 0.1) is 0 Å². The largest absolute Gasteiger partial charge is 0.484 e. The number of nitrogens with one attached hydrogen (secondary N) is 1. The van der Waals surface area contributed by atoms with Gasteiger partial charge in [0.25, 0.3) is 5.91 Å². The van der Waals surface area contributed by atoms with Crippen LogP contribution >= 0.6 is 0 Å². The lowest BCUT2D eigenvalue weighted by molar-refractivity contribution is -0.118. The molecule has 0 aromatic heterocycles. The molecule has 0 unspecified atom stereocenters. The lowest BCUT2D eigenvalue weighted by Crippen LogP contribution is -2.20. The number of nitrogen functional groups attached to an aromatic ring is 1. The van der Waals surface area contributed by atoms with E-state index in [1.807, 2.05) is 13.0 Å². The van der Waals surface area contributed by atoms with Crippen molar-refractivity contribution in [2.75, 3.05) is 17.7 Å². The molecule has 0 aliphatic carbocycles. The number of rotatable bonds is 4. The van der Waals surface area contributed by atoms with Gasteiger partial charge in [-0.2, -0.15) is 0 Å². The van der Waals surface area contributed by atoms with E-state index in [4.69, 9.17) is 10.5 Å². The molecule has 20 heavy (non-hydrogen) atoms. The van der Waals surface area contributed by atoms with E-state index in [1.54, 1.807) is 12.1 Å². The van der Waals surface area contributed by atoms with E-state index in [0.717, 1.165) is 5.56 Å². The quantitative estimate of drug-likeness (QED) is 0.842. The van der Waals surface area contributed by atoms with Crippen LogP contribution in [0.1, 0.15) is 5.56 Å². The Morgan fingerprint density at radius 1 is 1.25 bits per heavy atom. The van der Waals surface area contributed by atoms with E-state index < -0.39 is 0 Å². The Bertz CT molecular complexity index is 612. The molecular formula is C15H15FN2O2. The molecule has 1 amide bonds. The highest BCUT2D eigenvalue weighted by atomic mass is 19.1. The molecule has 2 rings (SSSR count). The minimum Gasteiger partial charge on any atom is -0.484 e. The summed E-state index contributed by atoms with van der Waals surface area (Å²) in [6.07, 6.45) is 0. The first-order valence-electron chi connectivity index (χ1n) is 6.09. The van der Waals surface area contributed by atoms with Crippen molar-refractivity contribution in [1.82, 2.24) is 0 Å². The van der Waals surface area contributed by atoms with E-state index in [1.165, 1.54) is 24.3 Å². The third-order valence-corrected chi connectivity index (χ3v) is 2.72. The average molecular weight is 274 g/mol. The number of aryl methyl sites for hydroxylation is 1. The van der Waals surface area contributed by atoms with Gasteiger partial charge in [-0.15, -0.1) is 0 Å². The summed E-state index contributed by atoms with van der Waals surface area (Å²) in [6.45, 7) is 1.72. The fourth-order valence-corrected chi connectivity index (χ4v) is 1.64. The van der Waals surface area contributed by atoms with Crippen LogP contribution in [0, 0.1) is 12.7 Å². The Labute approximate surface area is 116 Å². The highest BCUT2D eigenvalue weighted by Gasteiger charge is 2.06. The van der Waals surface area contributed by atoms with Crippen LogP contribution in [0.3, 0.4) is 0 Å². The van der Waals surface area contributed by atoms with Crippen molar-refractivity contribution in [3.8, 4) is 5.75 Å². The van der Waals surface area contributed by atoms with Crippen molar-refractivity contribution in [2.24, 2.45) is 0 Å². The average Bonchev–Trinajstić information content (AvgIpc) is 2.42. The second-order valence-electron chi connectivity index (χ2n) is 4.37. The van der Waals surface area contributed by atoms with E-state index in [0.29, 0.717) is 17.1 Å². The molecule has 0 spiro atoms. The van der Waals surface area contributed by atoms with Crippen molar-refractivity contribution in [2.45, 2.75) is 6.92 Å². The molecule has 104 valence electrons. The van der Waals surface area contributed by atoms with Gasteiger partial charge in [-0.05, 0) is 48.9 Å². The Hall–Kier alpha value is -2.56. The van der Waals surface area contributed by atoms with Gasteiger partial charge in [-0.25, -0.2) is 4.39 Å². The summed E-state index contributed by atoms with van der Waals surface area (Å²) in [4.78, 5) is 11.8. The number of ether oxygens (including phenoxy) is 1. The number of hydrogen-bond acceptors (Lipinski definition) is 3. The molecule has 0 aliphatic heterocycles. The molecule has 3 N–H and O–H groups in total. The second kappa shape index (κ2) is 6.06. The predicted octanol–water partition coefficient (Wildman–Crippen LogP) is 2.73. The lowest BCUT2D eigenvalue weighted by atomic mass is 10.2. The summed E-state index contributed by atoms with van der Waals surface area (Å²) in [7, 11) is 0. The molecule has 5 heteroatoms. The normalized spacial score (nSPS) is 10.1. The first-order chi connectivity index (χ1) is 9.54. The maximum atomic E-state index is 12.7. The van der Waals surface area contributed by atoms with Crippen molar-refractivity contribution in [3.05, 3.63) is 53.8 Å². The SMILES string of the molecule is Cc1ccc(N)cc1NC(=O)COc1ccc(F)cc1. The molecule has 0 radical (unpaired) electrons. The second-order valence-corrected chi connectivity index (χ2v) is 4.37. The van der Waals surface area contributed by atoms with Crippen molar-refractivity contribution < 1.29 is 13.9 Å². The monoisotopic (exact) mass is 274 g/mol. The van der Waals surface area contributed by atoms with Gasteiger partial charge in [-0.1, -0.05) is 6.07 Å². The van der Waals surface area contributed by atoms with Crippen LogP contribution in [-0.4, -0.2) is 12.5 Å². The van der Waals surface area contributed by atoms with Crippen LogP contribution in [0.5, 0.6) is 5.75 Å². The Kier molecular flexibility index (Phi) is 4.20. The van der Waals surface area contributed by atoms with E-state index in [9.17, 15) is 9.18 Å². The molecule has 0 fully saturated rings. The van der Waals surface area contributed by atoms with Gasteiger partial charge >= 0.3 is 0 Å². The zero-order chi connectivity index (χ0) is 14.5. The lowest BCUT2D eigenvalue weighted by Gasteiger charge is -2.10. The summed E-state index contributed by atoms with van der Waals surface area (Å²) in [6, 6.07) is 10.8. The molecule has 0 saturated heterocycles. The number of halogens is 1. The Morgan fingerprint density at radius 3 is 2.65 bits per heavy atom. The summed E-state index contributed by atoms with van der Waals surface area (Å²) in [5, 5.41) is 2.71. The highest BCUT2D eigenvalue weighted by molar-refractivity contribution is 5.93. The number of benzene rings is 2. The van der Waals surface area contributed by atoms with E-state index >= 15 is 0 Å². The zero-order valence-corrected chi connectivity index (χ0v) is 11.0. The summed E-state index contributed by atoms with van der Waals surface area (Å²) < 4.78 is 18.0. The van der Waals surface area contributed by atoms with Crippen LogP contribution in [0.2, 0.25) is 0 Å². The van der Waals surface area contributed by atoms with E-state index in [2.05, 4.69) is 5.32 Å². The number of anilines is 2. The fraction of sp³-hybridized carbons (Fsp3) is 0.133. The Morgan fingerprint density at radius 2 is 1.95 bits per heavy atom. The number of hydrogen-bond donors (Lipinski definition) is 2. The van der Waals surface area contributed by atoms with Gasteiger partial charge in [0.2, 0.25) is 0 Å². The standard InChI is InChI=1S/C15H15FN2O2/c1-10-2-5-12(17)8-14(10)18-15(19)9-20-13-6-3-11(16)4-7-13/h2-8H,9,17H2,1H3,(H,18,19). The highest BCUT2D eigenvalue weighted by Crippen LogP contribution is 2.18. The predicted molar refractivity (Wildman–Crippen MR) is 76.1 cm³/mol. The van der Waals surface area contributed by atoms with Gasteiger partial charge in [-0.3, -0.25) is 4.79 Å². The summed E-state index contributed by atoms with van der Waals surface area (Å²) in [5.41, 5.74) is 7.80. The van der Waals surface area contributed by atoms with Crippen LogP contribution in [0.4, 0.5) is 15.8 Å². The van der Waals surface area contributed by atoms with Crippen LogP contribution in [-0.2, 0) is 4.79 Å². The minimum atomic E-state index is -0.350. The first kappa shape index (κ1) is 13.9. The zero-order valence-electron chi connectivity index (χ0n) is 11.0. The van der Waals surface area contributed by atoms with Crippen molar-refractivity contribution >= 4 is 17.3 Å². The van der Waals surface area contributed by atoms with Crippen LogP contribution in [0.25, 0.3) is 0 Å². The maximum Gasteiger partial charge on any atom is 0.262 e. The number of carbonyl (C=O) groups excluding carboxylic acids is 1. The molecule has 0 aliphatic rings. The number of amides is 1. The molecule has 0 atom stereocenters. The molecule has 0 bridgehead atoms. The summed E-state index contributed by atoms with van der Waals surface area (Å²) in [5.74, 6) is -0.217.